The number of carbonyl (C=O) groups excluding carboxylic acids is 1. The number of carbonyl (C=O) groups is 1. The molecule has 1 saturated heterocycles. The third kappa shape index (κ3) is 3.04. The van der Waals surface area contributed by atoms with Crippen LogP contribution < -0.4 is 5.32 Å². The van der Waals surface area contributed by atoms with Crippen LogP contribution in [-0.2, 0) is 5.60 Å². The molecule has 0 aliphatic carbocycles. The van der Waals surface area contributed by atoms with Gasteiger partial charge in [0.05, 0.1) is 19.1 Å². The highest BCUT2D eigenvalue weighted by Crippen LogP contribution is 2.33. The van der Waals surface area contributed by atoms with Crippen LogP contribution in [0.5, 0.6) is 0 Å². The molecule has 2 N–H and O–H groups in total. The number of likely N-dealkylation sites (tertiary alicyclic amines) is 1. The average molecular weight is 381 g/mol. The molecule has 3 rings (SSSR count). The Morgan fingerprint density at radius 2 is 2.23 bits per heavy atom. The first-order chi connectivity index (χ1) is 10.5. The molecule has 2 aromatic rings. The highest BCUT2D eigenvalue weighted by atomic mass is 79.9. The molecule has 2 amide bonds. The van der Waals surface area contributed by atoms with E-state index in [9.17, 15) is 9.90 Å². The Balaban J connectivity index is 1.59. The normalized spacial score (nSPS) is 17.7. The summed E-state index contributed by atoms with van der Waals surface area (Å²) in [6.45, 7) is 2.58. The molecule has 1 unspecified atom stereocenters. The highest BCUT2D eigenvalue weighted by Gasteiger charge is 2.45. The topological polar surface area (TPSA) is 52.6 Å². The second kappa shape index (κ2) is 6.02. The van der Waals surface area contributed by atoms with E-state index in [4.69, 9.17) is 0 Å². The molecule has 116 valence electrons. The van der Waals surface area contributed by atoms with E-state index >= 15 is 0 Å². The Hall–Kier alpha value is -1.37. The van der Waals surface area contributed by atoms with Crippen LogP contribution in [0, 0.1) is 0 Å². The first kappa shape index (κ1) is 15.5. The van der Waals surface area contributed by atoms with Gasteiger partial charge in [0.1, 0.15) is 5.60 Å². The Bertz CT molecular complexity index is 669. The van der Waals surface area contributed by atoms with E-state index in [0.717, 1.165) is 15.6 Å². The number of halogens is 1. The molecular formula is C16H17BrN2O2S. The lowest BCUT2D eigenvalue weighted by Gasteiger charge is -2.46. The van der Waals surface area contributed by atoms with Gasteiger partial charge in [-0.2, -0.15) is 11.3 Å². The van der Waals surface area contributed by atoms with Crippen molar-refractivity contribution < 1.29 is 9.90 Å². The van der Waals surface area contributed by atoms with Crippen molar-refractivity contribution in [2.24, 2.45) is 0 Å². The Morgan fingerprint density at radius 1 is 1.45 bits per heavy atom. The summed E-state index contributed by atoms with van der Waals surface area (Å²) in [5.74, 6) is 0. The predicted molar refractivity (Wildman–Crippen MR) is 90.9 cm³/mol. The molecule has 1 fully saturated rings. The van der Waals surface area contributed by atoms with Crippen LogP contribution in [0.15, 0.2) is 45.6 Å². The van der Waals surface area contributed by atoms with E-state index < -0.39 is 5.60 Å². The van der Waals surface area contributed by atoms with Gasteiger partial charge in [-0.25, -0.2) is 4.79 Å². The minimum atomic E-state index is -0.952. The Kier molecular flexibility index (Phi) is 4.25. The summed E-state index contributed by atoms with van der Waals surface area (Å²) in [4.78, 5) is 13.8. The van der Waals surface area contributed by atoms with Crippen LogP contribution in [0.3, 0.4) is 0 Å². The minimum Gasteiger partial charge on any atom is -0.381 e. The maximum absolute atomic E-state index is 12.2. The van der Waals surface area contributed by atoms with E-state index in [-0.39, 0.29) is 12.1 Å². The number of β-amino-alcohol motifs (C(OH)–C–C–N with tert-alkyl or cyclic N) is 1. The molecule has 1 aromatic carbocycles. The zero-order valence-electron chi connectivity index (χ0n) is 12.1. The molecule has 2 heterocycles. The first-order valence-electron chi connectivity index (χ1n) is 7.04. The second-order valence-electron chi connectivity index (χ2n) is 5.63. The summed E-state index contributed by atoms with van der Waals surface area (Å²) >= 11 is 5.02. The quantitative estimate of drug-likeness (QED) is 0.855. The number of rotatable bonds is 3. The maximum Gasteiger partial charge on any atom is 0.318 e. The second-order valence-corrected chi connectivity index (χ2v) is 7.32. The van der Waals surface area contributed by atoms with Gasteiger partial charge in [0, 0.05) is 4.47 Å². The monoisotopic (exact) mass is 380 g/mol. The van der Waals surface area contributed by atoms with Gasteiger partial charge >= 0.3 is 6.03 Å². The van der Waals surface area contributed by atoms with Crippen molar-refractivity contribution in [1.29, 1.82) is 0 Å². The standard InChI is InChI=1S/C16H17BrN2O2S/c1-11(12-5-6-22-8-12)18-15(20)19-9-16(21,10-19)13-3-2-4-14(17)7-13/h2-8,11,21H,9-10H2,1H3,(H,18,20). The summed E-state index contributed by atoms with van der Waals surface area (Å²) in [7, 11) is 0. The summed E-state index contributed by atoms with van der Waals surface area (Å²) in [6, 6.07) is 9.41. The van der Waals surface area contributed by atoms with E-state index in [1.807, 2.05) is 48.0 Å². The Labute approximate surface area is 141 Å². The van der Waals surface area contributed by atoms with Crippen LogP contribution in [-0.4, -0.2) is 29.1 Å². The summed E-state index contributed by atoms with van der Waals surface area (Å²) < 4.78 is 0.924. The van der Waals surface area contributed by atoms with Gasteiger partial charge in [-0.05, 0) is 47.0 Å². The molecule has 0 saturated carbocycles. The van der Waals surface area contributed by atoms with Gasteiger partial charge in [0.2, 0.25) is 0 Å². The van der Waals surface area contributed by atoms with Gasteiger partial charge in [0.15, 0.2) is 0 Å². The van der Waals surface area contributed by atoms with Crippen molar-refractivity contribution in [3.63, 3.8) is 0 Å². The third-order valence-electron chi connectivity index (χ3n) is 3.94. The van der Waals surface area contributed by atoms with Crippen molar-refractivity contribution in [1.82, 2.24) is 10.2 Å². The highest BCUT2D eigenvalue weighted by molar-refractivity contribution is 9.10. The zero-order chi connectivity index (χ0) is 15.7. The van der Waals surface area contributed by atoms with Crippen molar-refractivity contribution in [3.8, 4) is 0 Å². The largest absolute Gasteiger partial charge is 0.381 e. The zero-order valence-corrected chi connectivity index (χ0v) is 14.5. The molecule has 1 atom stereocenters. The van der Waals surface area contributed by atoms with E-state index in [0.29, 0.717) is 13.1 Å². The smallest absolute Gasteiger partial charge is 0.318 e. The molecule has 22 heavy (non-hydrogen) atoms. The molecule has 0 radical (unpaired) electrons. The lowest BCUT2D eigenvalue weighted by molar-refractivity contribution is -0.0819. The van der Waals surface area contributed by atoms with Crippen molar-refractivity contribution >= 4 is 33.3 Å². The average Bonchev–Trinajstić information content (AvgIpc) is 2.98. The molecule has 0 spiro atoms. The number of nitrogens with zero attached hydrogens (tertiary/aromatic N) is 1. The number of hydrogen-bond acceptors (Lipinski definition) is 3. The summed E-state index contributed by atoms with van der Waals surface area (Å²) in [6.07, 6.45) is 0. The van der Waals surface area contributed by atoms with Crippen LogP contribution in [0.4, 0.5) is 4.79 Å². The third-order valence-corrected chi connectivity index (χ3v) is 5.13. The molecule has 4 nitrogen and oxygen atoms in total. The number of aliphatic hydroxyl groups is 1. The molecular weight excluding hydrogens is 364 g/mol. The summed E-state index contributed by atoms with van der Waals surface area (Å²) in [5, 5.41) is 17.6. The summed E-state index contributed by atoms with van der Waals surface area (Å²) in [5.41, 5.74) is 0.977. The van der Waals surface area contributed by atoms with Crippen LogP contribution in [0.1, 0.15) is 24.1 Å². The van der Waals surface area contributed by atoms with E-state index in [1.54, 1.807) is 16.2 Å². The number of benzene rings is 1. The lowest BCUT2D eigenvalue weighted by atomic mass is 9.86. The number of hydrogen-bond donors (Lipinski definition) is 2. The lowest BCUT2D eigenvalue weighted by Crippen LogP contribution is -2.63. The molecule has 0 bridgehead atoms. The number of amides is 2. The fourth-order valence-corrected chi connectivity index (χ4v) is 3.72. The van der Waals surface area contributed by atoms with Gasteiger partial charge in [-0.1, -0.05) is 28.1 Å². The molecule has 1 aliphatic rings. The van der Waals surface area contributed by atoms with Crippen LogP contribution in [0.25, 0.3) is 0 Å². The molecule has 6 heteroatoms. The van der Waals surface area contributed by atoms with Gasteiger partial charge in [0.25, 0.3) is 0 Å². The Morgan fingerprint density at radius 3 is 2.86 bits per heavy atom. The van der Waals surface area contributed by atoms with Crippen molar-refractivity contribution in [2.45, 2.75) is 18.6 Å². The number of urea groups is 1. The predicted octanol–water partition coefficient (Wildman–Crippen LogP) is 3.48. The molecule has 1 aromatic heterocycles. The fourth-order valence-electron chi connectivity index (χ4n) is 2.57. The van der Waals surface area contributed by atoms with Gasteiger partial charge in [-0.15, -0.1) is 0 Å². The van der Waals surface area contributed by atoms with Crippen LogP contribution >= 0.6 is 27.3 Å². The SMILES string of the molecule is CC(NC(=O)N1CC(O)(c2cccc(Br)c2)C1)c1ccsc1. The number of nitrogens with one attached hydrogen (secondary N) is 1. The van der Waals surface area contributed by atoms with Gasteiger partial charge in [-0.3, -0.25) is 0 Å². The van der Waals surface area contributed by atoms with Crippen molar-refractivity contribution in [3.05, 3.63) is 56.7 Å². The van der Waals surface area contributed by atoms with Crippen molar-refractivity contribution in [2.75, 3.05) is 13.1 Å². The first-order valence-corrected chi connectivity index (χ1v) is 8.77. The number of thiophene rings is 1. The molecule has 1 aliphatic heterocycles. The van der Waals surface area contributed by atoms with E-state index in [1.165, 1.54) is 0 Å². The fraction of sp³-hybridized carbons (Fsp3) is 0.312. The minimum absolute atomic E-state index is 0.0293. The van der Waals surface area contributed by atoms with Crippen LogP contribution in [0.2, 0.25) is 0 Å². The maximum atomic E-state index is 12.2. The van der Waals surface area contributed by atoms with E-state index in [2.05, 4.69) is 21.2 Å². The van der Waals surface area contributed by atoms with Gasteiger partial charge < -0.3 is 15.3 Å².